The van der Waals surface area contributed by atoms with Crippen LogP contribution in [0.25, 0.3) is 0 Å². The van der Waals surface area contributed by atoms with Crippen molar-refractivity contribution in [2.75, 3.05) is 44.3 Å². The molecule has 0 saturated carbocycles. The monoisotopic (exact) mass is 440 g/mol. The van der Waals surface area contributed by atoms with Crippen LogP contribution in [0.3, 0.4) is 0 Å². The number of hydrogen-bond donors (Lipinski definition) is 3. The van der Waals surface area contributed by atoms with E-state index in [0.29, 0.717) is 61.9 Å². The smallest absolute Gasteiger partial charge is 0.191 e. The fourth-order valence-corrected chi connectivity index (χ4v) is 4.07. The molecule has 1 atom stereocenters. The summed E-state index contributed by atoms with van der Waals surface area (Å²) in [5, 5.41) is 16.5. The zero-order valence-electron chi connectivity index (χ0n) is 16.3. The zero-order chi connectivity index (χ0) is 20.6. The Kier molecular flexibility index (Phi) is 8.11. The van der Waals surface area contributed by atoms with Crippen LogP contribution >= 0.6 is 22.9 Å². The summed E-state index contributed by atoms with van der Waals surface area (Å²) in [4.78, 5) is 7.28. The van der Waals surface area contributed by atoms with Crippen LogP contribution in [-0.4, -0.2) is 50.5 Å². The third-order valence-corrected chi connectivity index (χ3v) is 5.85. The number of morpholine rings is 1. The van der Waals surface area contributed by atoms with Crippen molar-refractivity contribution in [3.05, 3.63) is 50.9 Å². The van der Waals surface area contributed by atoms with E-state index < -0.39 is 6.10 Å². The van der Waals surface area contributed by atoms with Crippen LogP contribution in [0.5, 0.6) is 0 Å². The highest BCUT2D eigenvalue weighted by atomic mass is 35.5. The van der Waals surface area contributed by atoms with E-state index in [4.69, 9.17) is 16.3 Å². The lowest BCUT2D eigenvalue weighted by molar-refractivity contribution is 0.122. The summed E-state index contributed by atoms with van der Waals surface area (Å²) in [6.07, 6.45) is -0.679. The van der Waals surface area contributed by atoms with Gasteiger partial charge in [0.05, 0.1) is 29.8 Å². The molecule has 0 spiro atoms. The molecule has 2 aromatic rings. The molecule has 1 aromatic heterocycles. The molecule has 1 unspecified atom stereocenters. The first-order valence-electron chi connectivity index (χ1n) is 9.63. The van der Waals surface area contributed by atoms with Crippen LogP contribution in [0.1, 0.15) is 23.5 Å². The average Bonchev–Trinajstić information content (AvgIpc) is 3.17. The third kappa shape index (κ3) is 6.30. The number of ether oxygens (including phenoxy) is 1. The van der Waals surface area contributed by atoms with Gasteiger partial charge in [0.1, 0.15) is 11.9 Å². The van der Waals surface area contributed by atoms with Crippen molar-refractivity contribution >= 4 is 34.6 Å². The van der Waals surface area contributed by atoms with Gasteiger partial charge in [-0.05, 0) is 36.8 Å². The van der Waals surface area contributed by atoms with Crippen molar-refractivity contribution in [1.29, 1.82) is 0 Å². The maximum absolute atomic E-state index is 14.5. The topological polar surface area (TPSA) is 69.1 Å². The lowest BCUT2D eigenvalue weighted by Crippen LogP contribution is -2.39. The normalized spacial score (nSPS) is 16.0. The van der Waals surface area contributed by atoms with E-state index in [2.05, 4.69) is 15.6 Å². The van der Waals surface area contributed by atoms with Crippen molar-refractivity contribution in [3.63, 3.8) is 0 Å². The summed E-state index contributed by atoms with van der Waals surface area (Å²) in [5.74, 6) is 0.314. The zero-order valence-corrected chi connectivity index (χ0v) is 17.9. The fraction of sp³-hybridized carbons (Fsp3) is 0.450. The number of nitrogens with zero attached hydrogens (tertiary/aromatic N) is 2. The van der Waals surface area contributed by atoms with Crippen molar-refractivity contribution < 1.29 is 14.2 Å². The number of rotatable bonds is 7. The number of aliphatic hydroxyl groups excluding tert-OH is 1. The lowest BCUT2D eigenvalue weighted by atomic mass is 10.1. The molecule has 3 rings (SSSR count). The second-order valence-corrected chi connectivity index (χ2v) is 8.37. The molecule has 1 saturated heterocycles. The number of benzene rings is 1. The molecule has 2 heterocycles. The van der Waals surface area contributed by atoms with Crippen LogP contribution in [0.2, 0.25) is 4.34 Å². The van der Waals surface area contributed by atoms with E-state index in [1.165, 1.54) is 17.4 Å². The highest BCUT2D eigenvalue weighted by Gasteiger charge is 2.15. The first-order chi connectivity index (χ1) is 14.1. The Bertz CT molecular complexity index is 827. The van der Waals surface area contributed by atoms with Gasteiger partial charge in [0.2, 0.25) is 0 Å². The summed E-state index contributed by atoms with van der Waals surface area (Å²) in [6, 6.07) is 8.79. The highest BCUT2D eigenvalue weighted by Crippen LogP contribution is 2.26. The maximum Gasteiger partial charge on any atom is 0.191 e. The standard InChI is InChI=1S/C20H26ClFN4O2S/c1-2-23-20(25-13-17(27)18-5-6-19(21)29-18)24-12-14-3-4-16(15(22)11-14)26-7-9-28-10-8-26/h3-6,11,17,27H,2,7-10,12-13H2,1H3,(H2,23,24,25). The van der Waals surface area contributed by atoms with E-state index in [9.17, 15) is 9.50 Å². The number of aliphatic imine (C=N–C) groups is 1. The Morgan fingerprint density at radius 3 is 2.76 bits per heavy atom. The first kappa shape index (κ1) is 21.8. The van der Waals surface area contributed by atoms with Gasteiger partial charge < -0.3 is 25.4 Å². The molecule has 1 fully saturated rings. The lowest BCUT2D eigenvalue weighted by Gasteiger charge is -2.29. The summed E-state index contributed by atoms with van der Waals surface area (Å²) in [7, 11) is 0. The predicted octanol–water partition coefficient (Wildman–Crippen LogP) is 3.17. The van der Waals surface area contributed by atoms with Gasteiger partial charge in [0, 0.05) is 31.1 Å². The van der Waals surface area contributed by atoms with Gasteiger partial charge in [-0.15, -0.1) is 11.3 Å². The molecule has 6 nitrogen and oxygen atoms in total. The molecule has 1 aliphatic heterocycles. The number of thiophene rings is 1. The Balaban J connectivity index is 1.59. The van der Waals surface area contributed by atoms with E-state index >= 15 is 0 Å². The third-order valence-electron chi connectivity index (χ3n) is 4.51. The van der Waals surface area contributed by atoms with Crippen molar-refractivity contribution in [1.82, 2.24) is 10.6 Å². The Morgan fingerprint density at radius 2 is 2.10 bits per heavy atom. The summed E-state index contributed by atoms with van der Waals surface area (Å²) in [6.45, 7) is 5.89. The minimum atomic E-state index is -0.679. The van der Waals surface area contributed by atoms with Crippen molar-refractivity contribution in [3.8, 4) is 0 Å². The number of halogens is 2. The van der Waals surface area contributed by atoms with Gasteiger partial charge in [-0.25, -0.2) is 9.38 Å². The Hall–Kier alpha value is -1.87. The molecular formula is C20H26ClFN4O2S. The van der Waals surface area contributed by atoms with Crippen LogP contribution in [0.4, 0.5) is 10.1 Å². The number of guanidine groups is 1. The molecule has 29 heavy (non-hydrogen) atoms. The van der Waals surface area contributed by atoms with Gasteiger partial charge in [0.15, 0.2) is 5.96 Å². The first-order valence-corrected chi connectivity index (χ1v) is 10.8. The number of anilines is 1. The molecule has 1 aliphatic rings. The van der Waals surface area contributed by atoms with Crippen LogP contribution in [0.15, 0.2) is 35.3 Å². The van der Waals surface area contributed by atoms with Gasteiger partial charge in [-0.2, -0.15) is 0 Å². The maximum atomic E-state index is 14.5. The molecule has 158 valence electrons. The summed E-state index contributed by atoms with van der Waals surface area (Å²) >= 11 is 7.27. The second-order valence-electron chi connectivity index (χ2n) is 6.62. The molecular weight excluding hydrogens is 415 g/mol. The summed E-state index contributed by atoms with van der Waals surface area (Å²) < 4.78 is 20.5. The number of hydrogen-bond acceptors (Lipinski definition) is 5. The SMILES string of the molecule is CCNC(=NCc1ccc(N2CCOCC2)c(F)c1)NCC(O)c1ccc(Cl)s1. The molecule has 3 N–H and O–H groups in total. The van der Waals surface area contributed by atoms with Gasteiger partial charge in [-0.1, -0.05) is 17.7 Å². The summed E-state index contributed by atoms with van der Waals surface area (Å²) in [5.41, 5.74) is 1.38. The van der Waals surface area contributed by atoms with Gasteiger partial charge >= 0.3 is 0 Å². The number of aliphatic hydroxyl groups is 1. The molecule has 0 bridgehead atoms. The fourth-order valence-electron chi connectivity index (χ4n) is 3.02. The van der Waals surface area contributed by atoms with E-state index in [1.807, 2.05) is 24.0 Å². The molecule has 0 amide bonds. The largest absolute Gasteiger partial charge is 0.386 e. The van der Waals surface area contributed by atoms with E-state index in [1.54, 1.807) is 12.1 Å². The molecule has 1 aromatic carbocycles. The molecule has 0 aliphatic carbocycles. The van der Waals surface area contributed by atoms with Crippen molar-refractivity contribution in [2.45, 2.75) is 19.6 Å². The highest BCUT2D eigenvalue weighted by molar-refractivity contribution is 7.16. The second kappa shape index (κ2) is 10.8. The molecule has 9 heteroatoms. The van der Waals surface area contributed by atoms with Gasteiger partial charge in [-0.3, -0.25) is 0 Å². The van der Waals surface area contributed by atoms with E-state index in [0.717, 1.165) is 10.4 Å². The van der Waals surface area contributed by atoms with Gasteiger partial charge in [0.25, 0.3) is 0 Å². The number of nitrogens with one attached hydrogen (secondary N) is 2. The quantitative estimate of drug-likeness (QED) is 0.455. The molecule has 0 radical (unpaired) electrons. The minimum Gasteiger partial charge on any atom is -0.386 e. The Labute approximate surface area is 179 Å². The Morgan fingerprint density at radius 1 is 1.31 bits per heavy atom. The van der Waals surface area contributed by atoms with Crippen molar-refractivity contribution in [2.24, 2.45) is 4.99 Å². The average molecular weight is 441 g/mol. The van der Waals surface area contributed by atoms with Crippen LogP contribution < -0.4 is 15.5 Å². The minimum absolute atomic E-state index is 0.248. The van der Waals surface area contributed by atoms with Crippen LogP contribution in [-0.2, 0) is 11.3 Å². The van der Waals surface area contributed by atoms with Crippen LogP contribution in [0, 0.1) is 5.82 Å². The predicted molar refractivity (Wildman–Crippen MR) is 117 cm³/mol. The van der Waals surface area contributed by atoms with E-state index in [-0.39, 0.29) is 5.82 Å².